The number of nitrogens with zero attached hydrogens (tertiary/aromatic N) is 1. The molecule has 0 N–H and O–H groups in total. The third-order valence-corrected chi connectivity index (χ3v) is 3.12. The van der Waals surface area contributed by atoms with E-state index in [4.69, 9.17) is 4.74 Å². The molecule has 5 heteroatoms. The van der Waals surface area contributed by atoms with Gasteiger partial charge in [0.15, 0.2) is 6.29 Å². The molecule has 1 atom stereocenters. The highest BCUT2D eigenvalue weighted by molar-refractivity contribution is 5.82. The second-order valence-corrected chi connectivity index (χ2v) is 4.87. The summed E-state index contributed by atoms with van der Waals surface area (Å²) in [5.74, 6) is 0.501. The van der Waals surface area contributed by atoms with Gasteiger partial charge in [0.25, 0.3) is 5.69 Å². The molecule has 0 heterocycles. The minimum atomic E-state index is -0.568. The molecule has 1 unspecified atom stereocenters. The molecule has 1 aromatic rings. The molecule has 1 aromatic carbocycles. The van der Waals surface area contributed by atoms with Crippen molar-refractivity contribution in [1.82, 2.24) is 0 Å². The molecule has 5 nitrogen and oxygen atoms in total. The van der Waals surface area contributed by atoms with E-state index in [2.05, 4.69) is 6.92 Å². The summed E-state index contributed by atoms with van der Waals surface area (Å²) in [5.41, 5.74) is -0.145. The average Bonchev–Trinajstić information content (AvgIpc) is 2.43. The molecule has 1 rings (SSSR count). The maximum Gasteiger partial charge on any atom is 0.280 e. The second kappa shape index (κ2) is 8.30. The Morgan fingerprint density at radius 3 is 2.70 bits per heavy atom. The first-order chi connectivity index (χ1) is 9.58. The first-order valence-electron chi connectivity index (χ1n) is 6.98. The van der Waals surface area contributed by atoms with E-state index in [1.807, 2.05) is 6.92 Å². The fourth-order valence-corrected chi connectivity index (χ4v) is 2.02. The van der Waals surface area contributed by atoms with Crippen LogP contribution in [-0.2, 0) is 0 Å². The fourth-order valence-electron chi connectivity index (χ4n) is 2.02. The zero-order valence-corrected chi connectivity index (χ0v) is 12.0. The molecule has 0 aliphatic rings. The number of unbranched alkanes of at least 4 members (excludes halogenated alkanes) is 3. The molecule has 0 aliphatic heterocycles. The van der Waals surface area contributed by atoms with Crippen LogP contribution >= 0.6 is 0 Å². The maximum absolute atomic E-state index is 10.9. The molecule has 0 fully saturated rings. The zero-order valence-electron chi connectivity index (χ0n) is 12.0. The van der Waals surface area contributed by atoms with Gasteiger partial charge in [-0.15, -0.1) is 0 Å². The van der Waals surface area contributed by atoms with E-state index in [1.54, 1.807) is 0 Å². The summed E-state index contributed by atoms with van der Waals surface area (Å²) in [6.45, 7) is 4.13. The number of nitro groups is 1. The Labute approximate surface area is 119 Å². The van der Waals surface area contributed by atoms with Crippen LogP contribution in [0.1, 0.15) is 56.3 Å². The summed E-state index contributed by atoms with van der Waals surface area (Å²) < 4.78 is 5.69. The summed E-state index contributed by atoms with van der Waals surface area (Å²) in [4.78, 5) is 21.0. The van der Waals surface area contributed by atoms with Gasteiger partial charge in [-0.25, -0.2) is 0 Å². The lowest BCUT2D eigenvalue weighted by Gasteiger charge is -2.14. The molecule has 0 amide bonds. The van der Waals surface area contributed by atoms with E-state index in [0.717, 1.165) is 12.8 Å². The van der Waals surface area contributed by atoms with Crippen molar-refractivity contribution in [2.75, 3.05) is 0 Å². The Bertz CT molecular complexity index is 459. The SMILES string of the molecule is CCCCCCC(C)Oc1ccc([N+](=O)[O-])c(C=O)c1. The highest BCUT2D eigenvalue weighted by atomic mass is 16.6. The Balaban J connectivity index is 2.59. The predicted molar refractivity (Wildman–Crippen MR) is 77.3 cm³/mol. The van der Waals surface area contributed by atoms with Gasteiger partial charge < -0.3 is 4.74 Å². The van der Waals surface area contributed by atoms with Crippen LogP contribution in [0.25, 0.3) is 0 Å². The summed E-state index contributed by atoms with van der Waals surface area (Å²) in [6, 6.07) is 4.27. The van der Waals surface area contributed by atoms with Crippen molar-refractivity contribution in [2.45, 2.75) is 52.1 Å². The average molecular weight is 279 g/mol. The van der Waals surface area contributed by atoms with E-state index in [1.165, 1.54) is 37.5 Å². The van der Waals surface area contributed by atoms with E-state index in [0.29, 0.717) is 12.0 Å². The van der Waals surface area contributed by atoms with Crippen molar-refractivity contribution < 1.29 is 14.5 Å². The molecule has 0 aliphatic carbocycles. The largest absolute Gasteiger partial charge is 0.491 e. The van der Waals surface area contributed by atoms with Crippen LogP contribution in [-0.4, -0.2) is 17.3 Å². The number of carbonyl (C=O) groups is 1. The minimum Gasteiger partial charge on any atom is -0.491 e. The molecular weight excluding hydrogens is 258 g/mol. The Morgan fingerprint density at radius 1 is 1.35 bits per heavy atom. The van der Waals surface area contributed by atoms with Crippen LogP contribution in [0.15, 0.2) is 18.2 Å². The topological polar surface area (TPSA) is 69.4 Å². The number of hydrogen-bond donors (Lipinski definition) is 0. The maximum atomic E-state index is 10.9. The quantitative estimate of drug-likeness (QED) is 0.295. The Morgan fingerprint density at radius 2 is 2.10 bits per heavy atom. The van der Waals surface area contributed by atoms with E-state index in [9.17, 15) is 14.9 Å². The van der Waals surface area contributed by atoms with Crippen molar-refractivity contribution in [3.8, 4) is 5.75 Å². The third-order valence-electron chi connectivity index (χ3n) is 3.12. The molecular formula is C15H21NO4. The van der Waals surface area contributed by atoms with Crippen molar-refractivity contribution in [3.05, 3.63) is 33.9 Å². The second-order valence-electron chi connectivity index (χ2n) is 4.87. The van der Waals surface area contributed by atoms with Gasteiger partial charge >= 0.3 is 0 Å². The van der Waals surface area contributed by atoms with Crippen LogP contribution in [0.5, 0.6) is 5.75 Å². The van der Waals surface area contributed by atoms with Crippen LogP contribution in [0.2, 0.25) is 0 Å². The fraction of sp³-hybridized carbons (Fsp3) is 0.533. The van der Waals surface area contributed by atoms with Crippen LogP contribution in [0.4, 0.5) is 5.69 Å². The van der Waals surface area contributed by atoms with Gasteiger partial charge in [0.2, 0.25) is 0 Å². The zero-order chi connectivity index (χ0) is 15.0. The summed E-state index contributed by atoms with van der Waals surface area (Å²) in [6.07, 6.45) is 6.16. The van der Waals surface area contributed by atoms with Gasteiger partial charge in [0, 0.05) is 6.07 Å². The van der Waals surface area contributed by atoms with Crippen molar-refractivity contribution in [1.29, 1.82) is 0 Å². The lowest BCUT2D eigenvalue weighted by molar-refractivity contribution is -0.385. The number of ether oxygens (including phenoxy) is 1. The van der Waals surface area contributed by atoms with Gasteiger partial charge in [-0.1, -0.05) is 26.2 Å². The van der Waals surface area contributed by atoms with Crippen LogP contribution in [0, 0.1) is 10.1 Å². The van der Waals surface area contributed by atoms with Crippen LogP contribution < -0.4 is 4.74 Å². The van der Waals surface area contributed by atoms with E-state index in [-0.39, 0.29) is 17.4 Å². The minimum absolute atomic E-state index is 0.0350. The highest BCUT2D eigenvalue weighted by Gasteiger charge is 2.14. The normalized spacial score (nSPS) is 11.9. The van der Waals surface area contributed by atoms with Crippen molar-refractivity contribution in [2.24, 2.45) is 0 Å². The number of nitro benzene ring substituents is 1. The van der Waals surface area contributed by atoms with Gasteiger partial charge in [-0.2, -0.15) is 0 Å². The smallest absolute Gasteiger partial charge is 0.280 e. The number of rotatable bonds is 9. The molecule has 0 saturated carbocycles. The number of benzene rings is 1. The summed E-state index contributed by atoms with van der Waals surface area (Å²) >= 11 is 0. The van der Waals surface area contributed by atoms with Crippen LogP contribution in [0.3, 0.4) is 0 Å². The van der Waals surface area contributed by atoms with Gasteiger partial charge in [0.1, 0.15) is 5.75 Å². The Hall–Kier alpha value is -1.91. The van der Waals surface area contributed by atoms with E-state index < -0.39 is 4.92 Å². The Kier molecular flexibility index (Phi) is 6.70. The molecule has 0 bridgehead atoms. The lowest BCUT2D eigenvalue weighted by Crippen LogP contribution is -2.11. The monoisotopic (exact) mass is 279 g/mol. The van der Waals surface area contributed by atoms with Crippen molar-refractivity contribution in [3.63, 3.8) is 0 Å². The first-order valence-corrected chi connectivity index (χ1v) is 6.98. The van der Waals surface area contributed by atoms with Gasteiger partial charge in [0.05, 0.1) is 16.6 Å². The number of hydrogen-bond acceptors (Lipinski definition) is 4. The molecule has 0 saturated heterocycles. The van der Waals surface area contributed by atoms with Crippen molar-refractivity contribution >= 4 is 12.0 Å². The predicted octanol–water partition coefficient (Wildman–Crippen LogP) is 4.15. The lowest BCUT2D eigenvalue weighted by atomic mass is 10.1. The summed E-state index contributed by atoms with van der Waals surface area (Å²) in [7, 11) is 0. The van der Waals surface area contributed by atoms with E-state index >= 15 is 0 Å². The van der Waals surface area contributed by atoms with Gasteiger partial charge in [-0.05, 0) is 31.9 Å². The number of aldehydes is 1. The molecule has 20 heavy (non-hydrogen) atoms. The molecule has 0 radical (unpaired) electrons. The third kappa shape index (κ3) is 4.99. The standard InChI is InChI=1S/C15H21NO4/c1-3-4-5-6-7-12(2)20-14-8-9-15(16(18)19)13(10-14)11-17/h8-12H,3-7H2,1-2H3. The number of carbonyl (C=O) groups excluding carboxylic acids is 1. The molecule has 0 aromatic heterocycles. The molecule has 110 valence electrons. The van der Waals surface area contributed by atoms with Gasteiger partial charge in [-0.3, -0.25) is 14.9 Å². The highest BCUT2D eigenvalue weighted by Crippen LogP contribution is 2.24. The first kappa shape index (κ1) is 16.1. The molecule has 0 spiro atoms. The summed E-state index contributed by atoms with van der Waals surface area (Å²) in [5, 5.41) is 10.7.